The van der Waals surface area contributed by atoms with Gasteiger partial charge in [0.05, 0.1) is 24.0 Å². The van der Waals surface area contributed by atoms with Gasteiger partial charge in [-0.1, -0.05) is 5.92 Å². The molecule has 9 nitrogen and oxygen atoms in total. The number of imidazole rings is 1. The maximum Gasteiger partial charge on any atom is 0.432 e. The van der Waals surface area contributed by atoms with Crippen molar-refractivity contribution in [3.8, 4) is 29.0 Å². The van der Waals surface area contributed by atoms with Gasteiger partial charge >= 0.3 is 12.1 Å². The van der Waals surface area contributed by atoms with E-state index in [0.29, 0.717) is 18.2 Å². The summed E-state index contributed by atoms with van der Waals surface area (Å²) in [6.45, 7) is 0.298. The molecular formula is C20H15F3N6O3. The molecule has 0 spiro atoms. The Labute approximate surface area is 179 Å². The first-order valence-electron chi connectivity index (χ1n) is 9.01. The molecule has 3 N–H and O–H groups in total. The monoisotopic (exact) mass is 444 g/mol. The Bertz CT molecular complexity index is 1150. The zero-order chi connectivity index (χ0) is 23.0. The highest BCUT2D eigenvalue weighted by atomic mass is 19.4. The van der Waals surface area contributed by atoms with E-state index in [-0.39, 0.29) is 36.0 Å². The number of aromatic amines is 1. The molecule has 0 aliphatic rings. The third kappa shape index (κ3) is 6.05. The van der Waals surface area contributed by atoms with Gasteiger partial charge in [0, 0.05) is 23.9 Å². The van der Waals surface area contributed by atoms with E-state index in [2.05, 4.69) is 42.4 Å². The lowest BCUT2D eigenvalue weighted by atomic mass is 10.1. The van der Waals surface area contributed by atoms with Crippen molar-refractivity contribution >= 4 is 18.0 Å². The lowest BCUT2D eigenvalue weighted by molar-refractivity contribution is -0.140. The zero-order valence-electron chi connectivity index (χ0n) is 16.2. The summed E-state index contributed by atoms with van der Waals surface area (Å²) >= 11 is 0. The normalized spacial score (nSPS) is 10.6. The molecule has 1 aromatic carbocycles. The molecule has 12 heteroatoms. The van der Waals surface area contributed by atoms with Crippen LogP contribution in [0, 0.1) is 11.8 Å². The molecule has 32 heavy (non-hydrogen) atoms. The van der Waals surface area contributed by atoms with E-state index in [4.69, 9.17) is 4.74 Å². The number of halogens is 3. The van der Waals surface area contributed by atoms with Gasteiger partial charge in [-0.15, -0.1) is 0 Å². The number of alkyl halides is 3. The topological polar surface area (TPSA) is 122 Å². The van der Waals surface area contributed by atoms with E-state index in [1.54, 1.807) is 0 Å². The van der Waals surface area contributed by atoms with E-state index >= 15 is 0 Å². The van der Waals surface area contributed by atoms with Gasteiger partial charge in [-0.3, -0.25) is 9.59 Å². The number of rotatable bonds is 7. The van der Waals surface area contributed by atoms with Crippen LogP contribution in [0.4, 0.5) is 18.9 Å². The highest BCUT2D eigenvalue weighted by Gasteiger charge is 2.33. The number of H-pyrrole nitrogens is 1. The zero-order valence-corrected chi connectivity index (χ0v) is 16.2. The van der Waals surface area contributed by atoms with Crippen LogP contribution in [-0.2, 0) is 15.8 Å². The predicted molar refractivity (Wildman–Crippen MR) is 106 cm³/mol. The number of hydrogen-bond donors (Lipinski definition) is 3. The molecular weight excluding hydrogens is 429 g/mol. The average molecular weight is 444 g/mol. The SMILES string of the molecule is O=CNCCOc1ccc(-c2ncc(C(F)(F)F)[nH]2)cc1NC(=O)C#Cc1cncnc1. The summed E-state index contributed by atoms with van der Waals surface area (Å²) in [5.41, 5.74) is -0.155. The van der Waals surface area contributed by atoms with Crippen LogP contribution in [0.2, 0.25) is 0 Å². The summed E-state index contributed by atoms with van der Waals surface area (Å²) in [5, 5.41) is 4.96. The minimum atomic E-state index is -4.58. The van der Waals surface area contributed by atoms with Crippen LogP contribution in [-0.4, -0.2) is 45.4 Å². The molecule has 0 aliphatic heterocycles. The molecule has 2 heterocycles. The number of aromatic nitrogens is 4. The van der Waals surface area contributed by atoms with Crippen molar-refractivity contribution in [1.82, 2.24) is 25.3 Å². The molecule has 2 amide bonds. The third-order valence-corrected chi connectivity index (χ3v) is 3.85. The molecule has 0 saturated heterocycles. The predicted octanol–water partition coefficient (Wildman–Crippen LogP) is 2.00. The summed E-state index contributed by atoms with van der Waals surface area (Å²) in [6, 6.07) is 4.33. The molecule has 3 rings (SSSR count). The number of nitrogens with zero attached hydrogens (tertiary/aromatic N) is 3. The first kappa shape index (κ1) is 22.3. The minimum absolute atomic E-state index is 0.0467. The highest BCUT2D eigenvalue weighted by molar-refractivity contribution is 6.05. The van der Waals surface area contributed by atoms with Gasteiger partial charge in [-0.2, -0.15) is 13.2 Å². The molecule has 0 bridgehead atoms. The van der Waals surface area contributed by atoms with Crippen LogP contribution in [0.15, 0.2) is 43.1 Å². The minimum Gasteiger partial charge on any atom is -0.490 e. The summed E-state index contributed by atoms with van der Waals surface area (Å²) in [4.78, 5) is 36.2. The number of benzene rings is 1. The number of amides is 2. The number of hydrogen-bond acceptors (Lipinski definition) is 6. The molecule has 164 valence electrons. The summed E-state index contributed by atoms with van der Waals surface area (Å²) < 4.78 is 44.1. The summed E-state index contributed by atoms with van der Waals surface area (Å²) in [7, 11) is 0. The van der Waals surface area contributed by atoms with Crippen molar-refractivity contribution in [2.75, 3.05) is 18.5 Å². The molecule has 0 aliphatic carbocycles. The van der Waals surface area contributed by atoms with Crippen LogP contribution >= 0.6 is 0 Å². The van der Waals surface area contributed by atoms with Crippen LogP contribution < -0.4 is 15.4 Å². The average Bonchev–Trinajstić information content (AvgIpc) is 3.28. The molecule has 3 aromatic rings. The van der Waals surface area contributed by atoms with Crippen LogP contribution in [0.3, 0.4) is 0 Å². The number of carbonyl (C=O) groups excluding carboxylic acids is 2. The number of ether oxygens (including phenoxy) is 1. The lowest BCUT2D eigenvalue weighted by Gasteiger charge is -2.12. The fraction of sp³-hybridized carbons (Fsp3) is 0.150. The first-order valence-corrected chi connectivity index (χ1v) is 9.01. The second-order valence-electron chi connectivity index (χ2n) is 6.11. The van der Waals surface area contributed by atoms with E-state index in [1.807, 2.05) is 0 Å². The van der Waals surface area contributed by atoms with E-state index in [0.717, 1.165) is 0 Å². The Morgan fingerprint density at radius 3 is 2.69 bits per heavy atom. The van der Waals surface area contributed by atoms with Gasteiger partial charge in [-0.05, 0) is 18.2 Å². The van der Waals surface area contributed by atoms with E-state index < -0.39 is 17.8 Å². The second-order valence-corrected chi connectivity index (χ2v) is 6.11. The molecule has 0 radical (unpaired) electrons. The maximum atomic E-state index is 12.9. The van der Waals surface area contributed by atoms with Gasteiger partial charge < -0.3 is 20.4 Å². The maximum absolute atomic E-state index is 12.9. The molecule has 0 fully saturated rings. The van der Waals surface area contributed by atoms with E-state index in [1.165, 1.54) is 36.9 Å². The van der Waals surface area contributed by atoms with Gasteiger partial charge in [0.2, 0.25) is 6.41 Å². The van der Waals surface area contributed by atoms with Gasteiger partial charge in [0.25, 0.3) is 0 Å². The largest absolute Gasteiger partial charge is 0.490 e. The third-order valence-electron chi connectivity index (χ3n) is 3.85. The number of nitrogens with one attached hydrogen (secondary N) is 3. The molecule has 0 atom stereocenters. The fourth-order valence-electron chi connectivity index (χ4n) is 2.44. The molecule has 0 saturated carbocycles. The first-order chi connectivity index (χ1) is 15.4. The van der Waals surface area contributed by atoms with Crippen molar-refractivity contribution in [2.45, 2.75) is 6.18 Å². The molecule has 0 unspecified atom stereocenters. The van der Waals surface area contributed by atoms with E-state index in [9.17, 15) is 22.8 Å². The van der Waals surface area contributed by atoms with Crippen molar-refractivity contribution in [3.63, 3.8) is 0 Å². The lowest BCUT2D eigenvalue weighted by Crippen LogP contribution is -2.19. The van der Waals surface area contributed by atoms with Gasteiger partial charge in [0.1, 0.15) is 30.2 Å². The van der Waals surface area contributed by atoms with Crippen molar-refractivity contribution < 1.29 is 27.5 Å². The highest BCUT2D eigenvalue weighted by Crippen LogP contribution is 2.32. The fourth-order valence-corrected chi connectivity index (χ4v) is 2.44. The Kier molecular flexibility index (Phi) is 7.02. The van der Waals surface area contributed by atoms with Crippen LogP contribution in [0.25, 0.3) is 11.4 Å². The van der Waals surface area contributed by atoms with Crippen molar-refractivity contribution in [3.05, 3.63) is 54.4 Å². The second kappa shape index (κ2) is 10.1. The number of anilines is 1. The van der Waals surface area contributed by atoms with Gasteiger partial charge in [-0.25, -0.2) is 15.0 Å². The number of carbonyl (C=O) groups is 2. The quantitative estimate of drug-likeness (QED) is 0.291. The van der Waals surface area contributed by atoms with Crippen molar-refractivity contribution in [1.29, 1.82) is 0 Å². The Morgan fingerprint density at radius 1 is 1.22 bits per heavy atom. The van der Waals surface area contributed by atoms with Gasteiger partial charge in [0.15, 0.2) is 0 Å². The smallest absolute Gasteiger partial charge is 0.432 e. The Morgan fingerprint density at radius 2 is 2.00 bits per heavy atom. The Balaban J connectivity index is 1.85. The Hall–Kier alpha value is -4.40. The molecule has 2 aromatic heterocycles. The summed E-state index contributed by atoms with van der Waals surface area (Å²) in [6.07, 6.45) is 0.783. The standard InChI is InChI=1S/C20H15F3N6O3/c21-20(22,23)17-10-27-19(29-17)14-2-3-16(32-6-5-24-12-30)15(7-14)28-18(31)4-1-13-8-25-11-26-9-13/h2-3,7-12H,5-6H2,(H,24,30)(H,27,29)(H,28,31). The summed E-state index contributed by atoms with van der Waals surface area (Å²) in [5.74, 6) is 4.44. The van der Waals surface area contributed by atoms with Crippen molar-refractivity contribution in [2.24, 2.45) is 0 Å². The van der Waals surface area contributed by atoms with Crippen LogP contribution in [0.5, 0.6) is 5.75 Å². The van der Waals surface area contributed by atoms with Crippen LogP contribution in [0.1, 0.15) is 11.3 Å².